The number of carbonyl (C=O) groups excluding carboxylic acids is 1. The Bertz CT molecular complexity index is 1440. The van der Waals surface area contributed by atoms with Gasteiger partial charge >= 0.3 is 21.6 Å². The van der Waals surface area contributed by atoms with E-state index >= 15 is 0 Å². The second-order valence-corrected chi connectivity index (χ2v) is 12.8. The summed E-state index contributed by atoms with van der Waals surface area (Å²) in [5, 5.41) is 0. The Balaban J connectivity index is 1.95. The van der Waals surface area contributed by atoms with Crippen molar-refractivity contribution in [3.05, 3.63) is 53.1 Å². The Morgan fingerprint density at radius 2 is 1.76 bits per heavy atom. The van der Waals surface area contributed by atoms with Crippen LogP contribution in [0.1, 0.15) is 50.4 Å². The molecule has 9 nitrogen and oxygen atoms in total. The van der Waals surface area contributed by atoms with E-state index in [1.54, 1.807) is 34.6 Å². The average Bonchev–Trinajstić information content (AvgIpc) is 2.79. The van der Waals surface area contributed by atoms with Crippen molar-refractivity contribution >= 4 is 26.1 Å². The lowest BCUT2D eigenvalue weighted by atomic mass is 9.77. The molecule has 2 aromatic carbocycles. The van der Waals surface area contributed by atoms with E-state index in [4.69, 9.17) is 9.47 Å². The van der Waals surface area contributed by atoms with Crippen LogP contribution < -0.4 is 8.92 Å². The van der Waals surface area contributed by atoms with Gasteiger partial charge in [0.25, 0.3) is 0 Å². The van der Waals surface area contributed by atoms with E-state index in [0.29, 0.717) is 22.4 Å². The number of nitrogens with zero attached hydrogens (tertiary/aromatic N) is 1. The van der Waals surface area contributed by atoms with Crippen molar-refractivity contribution in [2.24, 2.45) is 0 Å². The van der Waals surface area contributed by atoms with Gasteiger partial charge < -0.3 is 13.7 Å². The van der Waals surface area contributed by atoms with Crippen LogP contribution in [0.15, 0.2) is 41.3 Å². The first-order valence-electron chi connectivity index (χ1n) is 11.5. The molecule has 3 rings (SSSR count). The average molecular weight is 580 g/mol. The van der Waals surface area contributed by atoms with E-state index < -0.39 is 48.8 Å². The third-order valence-corrected chi connectivity index (χ3v) is 8.97. The van der Waals surface area contributed by atoms with Gasteiger partial charge in [0.1, 0.15) is 11.5 Å². The highest BCUT2D eigenvalue weighted by Gasteiger charge is 2.49. The quantitative estimate of drug-likeness (QED) is 0.260. The van der Waals surface area contributed by atoms with E-state index in [2.05, 4.69) is 4.18 Å². The van der Waals surface area contributed by atoms with Gasteiger partial charge in [-0.15, -0.1) is 0 Å². The zero-order chi connectivity index (χ0) is 28.7. The first kappa shape index (κ1) is 29.7. The van der Waals surface area contributed by atoms with Crippen LogP contribution in [-0.4, -0.2) is 52.4 Å². The van der Waals surface area contributed by atoms with Crippen LogP contribution in [0.2, 0.25) is 0 Å². The molecule has 1 atom stereocenters. The Labute approximate surface area is 219 Å². The number of benzene rings is 2. The molecular weight excluding hydrogens is 551 g/mol. The largest absolute Gasteiger partial charge is 0.534 e. The number of carbonyl (C=O) groups is 1. The molecule has 1 aliphatic heterocycles. The van der Waals surface area contributed by atoms with Crippen LogP contribution in [0.5, 0.6) is 11.5 Å². The topological polar surface area (TPSA) is 116 Å². The Hall–Kier alpha value is -2.84. The highest BCUT2D eigenvalue weighted by molar-refractivity contribution is 7.89. The van der Waals surface area contributed by atoms with Gasteiger partial charge in [-0.25, -0.2) is 13.2 Å². The summed E-state index contributed by atoms with van der Waals surface area (Å²) in [5.41, 5.74) is -4.98. The second-order valence-electron chi connectivity index (χ2n) is 9.36. The molecule has 1 aliphatic rings. The molecule has 2 aromatic rings. The molecule has 1 heterocycles. The Morgan fingerprint density at radius 1 is 1.11 bits per heavy atom. The fourth-order valence-corrected chi connectivity index (χ4v) is 6.52. The standard InChI is InChI=1S/C24H28F3NO8S2/c1-6-34-22(29)13-35-21-10-8-18(11-15(21)2)37(30,31)28-14-23(4,5)20-9-7-17(12-19(20)16(28)3)36-38(32,33)24(25,26)27/h7-12,16H,6,13-14H2,1-5H3. The van der Waals surface area contributed by atoms with Crippen LogP contribution in [0.3, 0.4) is 0 Å². The van der Waals surface area contributed by atoms with Crippen LogP contribution >= 0.6 is 0 Å². The maximum Gasteiger partial charge on any atom is 0.534 e. The molecule has 0 fully saturated rings. The number of hydrogen-bond acceptors (Lipinski definition) is 8. The minimum Gasteiger partial charge on any atom is -0.482 e. The third kappa shape index (κ3) is 5.91. The maximum atomic E-state index is 13.7. The van der Waals surface area contributed by atoms with Crippen LogP contribution in [0.4, 0.5) is 13.2 Å². The maximum absolute atomic E-state index is 13.7. The van der Waals surface area contributed by atoms with E-state index in [0.717, 1.165) is 12.1 Å². The van der Waals surface area contributed by atoms with Gasteiger partial charge in [0.05, 0.1) is 11.5 Å². The van der Waals surface area contributed by atoms with Gasteiger partial charge in [0.15, 0.2) is 6.61 Å². The van der Waals surface area contributed by atoms with E-state index in [1.807, 2.05) is 0 Å². The van der Waals surface area contributed by atoms with Crippen molar-refractivity contribution in [1.29, 1.82) is 0 Å². The van der Waals surface area contributed by atoms with E-state index in [-0.39, 0.29) is 24.7 Å². The number of halogens is 3. The molecule has 1 unspecified atom stereocenters. The Morgan fingerprint density at radius 3 is 2.34 bits per heavy atom. The molecule has 0 bridgehead atoms. The number of aryl methyl sites for hydroxylation is 1. The molecular formula is C24H28F3NO8S2. The highest BCUT2D eigenvalue weighted by Crippen LogP contribution is 2.44. The second kappa shape index (κ2) is 10.4. The fourth-order valence-electron chi connectivity index (χ4n) is 4.21. The molecule has 14 heteroatoms. The van der Waals surface area contributed by atoms with Gasteiger partial charge in [0.2, 0.25) is 10.0 Å². The number of alkyl halides is 3. The van der Waals surface area contributed by atoms with Crippen LogP contribution in [0.25, 0.3) is 0 Å². The minimum atomic E-state index is -5.90. The van der Waals surface area contributed by atoms with Gasteiger partial charge in [-0.3, -0.25) is 0 Å². The molecule has 0 spiro atoms. The van der Waals surface area contributed by atoms with Crippen molar-refractivity contribution in [1.82, 2.24) is 4.31 Å². The first-order valence-corrected chi connectivity index (χ1v) is 14.3. The molecule has 210 valence electrons. The van der Waals surface area contributed by atoms with Crippen LogP contribution in [0, 0.1) is 6.92 Å². The third-order valence-electron chi connectivity index (χ3n) is 6.08. The molecule has 0 saturated carbocycles. The number of esters is 1. The molecule has 0 aliphatic carbocycles. The first-order chi connectivity index (χ1) is 17.4. The van der Waals surface area contributed by atoms with E-state index in [1.165, 1.54) is 28.6 Å². The predicted octanol–water partition coefficient (Wildman–Crippen LogP) is 4.21. The minimum absolute atomic E-state index is 0.0463. The number of rotatable bonds is 8. The molecule has 0 amide bonds. The summed E-state index contributed by atoms with van der Waals surface area (Å²) in [4.78, 5) is 11.5. The van der Waals surface area contributed by atoms with Crippen molar-refractivity contribution in [2.45, 2.75) is 56.5 Å². The molecule has 0 radical (unpaired) electrons. The molecule has 38 heavy (non-hydrogen) atoms. The lowest BCUT2D eigenvalue weighted by molar-refractivity contribution is -0.145. The molecule has 0 N–H and O–H groups in total. The summed E-state index contributed by atoms with van der Waals surface area (Å²) in [6.45, 7) is 8.25. The predicted molar refractivity (Wildman–Crippen MR) is 131 cm³/mol. The summed E-state index contributed by atoms with van der Waals surface area (Å²) >= 11 is 0. The van der Waals surface area contributed by atoms with Crippen LogP contribution in [-0.2, 0) is 35.1 Å². The van der Waals surface area contributed by atoms with Crippen molar-refractivity contribution in [3.63, 3.8) is 0 Å². The smallest absolute Gasteiger partial charge is 0.482 e. The van der Waals surface area contributed by atoms with Gasteiger partial charge in [0, 0.05) is 18.0 Å². The lowest BCUT2D eigenvalue weighted by Crippen LogP contribution is -2.47. The summed E-state index contributed by atoms with van der Waals surface area (Å²) in [7, 11) is -10.0. The Kier molecular flexibility index (Phi) is 8.11. The van der Waals surface area contributed by atoms with Crippen molar-refractivity contribution in [3.8, 4) is 11.5 Å². The fraction of sp³-hybridized carbons (Fsp3) is 0.458. The lowest BCUT2D eigenvalue weighted by Gasteiger charge is -2.43. The molecule has 0 saturated heterocycles. The SMILES string of the molecule is CCOC(=O)COc1ccc(S(=O)(=O)N2CC(C)(C)c3ccc(OS(=O)(=O)C(F)(F)F)cc3C2C)cc1C. The van der Waals surface area contributed by atoms with Gasteiger partial charge in [-0.1, -0.05) is 19.9 Å². The monoisotopic (exact) mass is 579 g/mol. The number of sulfonamides is 1. The zero-order valence-electron chi connectivity index (χ0n) is 21.3. The summed E-state index contributed by atoms with van der Waals surface area (Å²) in [5.74, 6) is -0.859. The molecule has 0 aromatic heterocycles. The highest BCUT2D eigenvalue weighted by atomic mass is 32.2. The van der Waals surface area contributed by atoms with Gasteiger partial charge in [-0.2, -0.15) is 25.9 Å². The van der Waals surface area contributed by atoms with Crippen molar-refractivity contribution < 1.29 is 48.5 Å². The van der Waals surface area contributed by atoms with Crippen molar-refractivity contribution in [2.75, 3.05) is 19.8 Å². The summed E-state index contributed by atoms with van der Waals surface area (Å²) in [6, 6.07) is 6.94. The summed E-state index contributed by atoms with van der Waals surface area (Å²) in [6.07, 6.45) is 0. The van der Waals surface area contributed by atoms with E-state index in [9.17, 15) is 34.8 Å². The normalized spacial score (nSPS) is 17.9. The summed E-state index contributed by atoms with van der Waals surface area (Å²) < 4.78 is 105. The number of fused-ring (bicyclic) bond motifs is 1. The number of ether oxygens (including phenoxy) is 2. The zero-order valence-corrected chi connectivity index (χ0v) is 23.0. The number of hydrogen-bond donors (Lipinski definition) is 0. The van der Waals surface area contributed by atoms with Gasteiger partial charge in [-0.05, 0) is 67.8 Å².